The van der Waals surface area contributed by atoms with Gasteiger partial charge in [-0.1, -0.05) is 60.0 Å². The van der Waals surface area contributed by atoms with Gasteiger partial charge in [0.05, 0.1) is 5.92 Å². The fraction of sp³-hybridized carbons (Fsp3) is 0.375. The van der Waals surface area contributed by atoms with Crippen LogP contribution in [0.3, 0.4) is 0 Å². The van der Waals surface area contributed by atoms with Crippen LogP contribution in [-0.2, 0) is 19.1 Å². The molecule has 2 aliphatic rings. The van der Waals surface area contributed by atoms with Crippen LogP contribution in [0.4, 0.5) is 5.69 Å². The molecule has 5 nitrogen and oxygen atoms in total. The Labute approximate surface area is 191 Å². The fourth-order valence-corrected chi connectivity index (χ4v) is 5.15. The second-order valence-corrected chi connectivity index (χ2v) is 9.14. The summed E-state index contributed by atoms with van der Waals surface area (Å²) < 4.78 is 5.74. The van der Waals surface area contributed by atoms with E-state index in [1.165, 1.54) is 0 Å². The van der Waals surface area contributed by atoms with E-state index in [1.807, 2.05) is 6.07 Å². The van der Waals surface area contributed by atoms with Crippen molar-refractivity contribution in [2.75, 3.05) is 5.32 Å². The average Bonchev–Trinajstić information content (AvgIpc) is 2.71. The number of esters is 1. The molecule has 2 bridgehead atoms. The van der Waals surface area contributed by atoms with Gasteiger partial charge in [-0.15, -0.1) is 0 Å². The Hall–Kier alpha value is -2.37. The maximum absolute atomic E-state index is 13.1. The van der Waals surface area contributed by atoms with Gasteiger partial charge < -0.3 is 10.1 Å². The first-order valence-electron chi connectivity index (χ1n) is 10.5. The number of carbonyl (C=O) groups excluding carboxylic acids is 3. The summed E-state index contributed by atoms with van der Waals surface area (Å²) in [6.45, 7) is 0. The van der Waals surface area contributed by atoms with Crippen LogP contribution < -0.4 is 5.32 Å². The van der Waals surface area contributed by atoms with Gasteiger partial charge in [0.25, 0.3) is 5.91 Å². The van der Waals surface area contributed by atoms with Crippen molar-refractivity contribution >= 4 is 46.5 Å². The molecule has 2 saturated carbocycles. The first kappa shape index (κ1) is 21.8. The molecule has 2 aromatic rings. The number of hydrogen-bond acceptors (Lipinski definition) is 4. The van der Waals surface area contributed by atoms with E-state index >= 15 is 0 Å². The zero-order valence-corrected chi connectivity index (χ0v) is 18.4. The highest BCUT2D eigenvalue weighted by Crippen LogP contribution is 2.41. The predicted octanol–water partition coefficient (Wildman–Crippen LogP) is 5.61. The van der Waals surface area contributed by atoms with Crippen molar-refractivity contribution in [1.82, 2.24) is 0 Å². The number of benzene rings is 2. The second-order valence-electron chi connectivity index (χ2n) is 8.27. The van der Waals surface area contributed by atoms with Gasteiger partial charge in [0.15, 0.2) is 0 Å². The van der Waals surface area contributed by atoms with Crippen molar-refractivity contribution in [2.45, 2.75) is 38.2 Å². The smallest absolute Gasteiger partial charge is 0.310 e. The molecule has 2 fully saturated rings. The zero-order valence-electron chi connectivity index (χ0n) is 16.9. The molecule has 1 amide bonds. The number of hydrogen-bond donors (Lipinski definition) is 1. The molecule has 0 radical (unpaired) electrons. The highest BCUT2D eigenvalue weighted by molar-refractivity contribution is 6.35. The van der Waals surface area contributed by atoms with E-state index in [2.05, 4.69) is 5.32 Å². The molecule has 162 valence electrons. The lowest BCUT2D eigenvalue weighted by Crippen LogP contribution is -2.40. The minimum Gasteiger partial charge on any atom is -0.447 e. The van der Waals surface area contributed by atoms with Gasteiger partial charge in [-0.2, -0.15) is 0 Å². The number of anilines is 1. The standard InChI is InChI=1S/C24H23Cl2NO4/c25-18-11-19(26)13-20(12-18)27-23(29)22(14-5-2-1-3-6-14)31-24(30)17-9-15-7-4-8-16(10-17)21(15)28/h1-3,5-6,11-13,15-17,22H,4,7-10H2,(H,27,29). The number of fused-ring (bicyclic) bond motifs is 2. The molecule has 0 aromatic heterocycles. The third kappa shape index (κ3) is 5.10. The molecule has 7 heteroatoms. The lowest BCUT2D eigenvalue weighted by molar-refractivity contribution is -0.162. The molecule has 0 spiro atoms. The maximum Gasteiger partial charge on any atom is 0.310 e. The molecule has 0 aliphatic heterocycles. The number of rotatable bonds is 5. The second kappa shape index (κ2) is 9.41. The van der Waals surface area contributed by atoms with Gasteiger partial charge >= 0.3 is 5.97 Å². The van der Waals surface area contributed by atoms with E-state index in [-0.39, 0.29) is 23.5 Å². The van der Waals surface area contributed by atoms with Gasteiger partial charge in [0.2, 0.25) is 6.10 Å². The first-order chi connectivity index (χ1) is 14.9. The molecular weight excluding hydrogens is 437 g/mol. The average molecular weight is 460 g/mol. The van der Waals surface area contributed by atoms with Crippen LogP contribution in [0, 0.1) is 17.8 Å². The number of ether oxygens (including phenoxy) is 1. The Morgan fingerprint density at radius 1 is 0.968 bits per heavy atom. The van der Waals surface area contributed by atoms with E-state index in [9.17, 15) is 14.4 Å². The van der Waals surface area contributed by atoms with Crippen molar-refractivity contribution in [3.8, 4) is 0 Å². The number of amides is 1. The van der Waals surface area contributed by atoms with Crippen LogP contribution in [0.25, 0.3) is 0 Å². The third-order valence-electron chi connectivity index (χ3n) is 6.09. The summed E-state index contributed by atoms with van der Waals surface area (Å²) in [4.78, 5) is 38.5. The monoisotopic (exact) mass is 459 g/mol. The van der Waals surface area contributed by atoms with Gasteiger partial charge in [-0.25, -0.2) is 0 Å². The molecular formula is C24H23Cl2NO4. The summed E-state index contributed by atoms with van der Waals surface area (Å²) in [5.74, 6) is -1.15. The highest BCUT2D eigenvalue weighted by atomic mass is 35.5. The zero-order chi connectivity index (χ0) is 22.0. The largest absolute Gasteiger partial charge is 0.447 e. The number of halogens is 2. The highest BCUT2D eigenvalue weighted by Gasteiger charge is 2.42. The molecule has 3 unspecified atom stereocenters. The molecule has 3 atom stereocenters. The van der Waals surface area contributed by atoms with Gasteiger partial charge in [0, 0.05) is 33.1 Å². The van der Waals surface area contributed by atoms with Crippen molar-refractivity contribution < 1.29 is 19.1 Å². The van der Waals surface area contributed by atoms with E-state index in [1.54, 1.807) is 42.5 Å². The summed E-state index contributed by atoms with van der Waals surface area (Å²) in [7, 11) is 0. The van der Waals surface area contributed by atoms with Crippen LogP contribution in [0.5, 0.6) is 0 Å². The quantitative estimate of drug-likeness (QED) is 0.589. The summed E-state index contributed by atoms with van der Waals surface area (Å²) >= 11 is 12.1. The summed E-state index contributed by atoms with van der Waals surface area (Å²) in [6.07, 6.45) is 2.57. The van der Waals surface area contributed by atoms with Gasteiger partial charge in [0.1, 0.15) is 5.78 Å². The SMILES string of the molecule is O=C(OC(C(=O)Nc1cc(Cl)cc(Cl)c1)c1ccccc1)C1CC2CCCC(C1)C2=O. The third-order valence-corrected chi connectivity index (χ3v) is 6.52. The molecule has 31 heavy (non-hydrogen) atoms. The lowest BCUT2D eigenvalue weighted by atomic mass is 9.67. The molecule has 0 saturated heterocycles. The van der Waals surface area contributed by atoms with Crippen molar-refractivity contribution in [1.29, 1.82) is 0 Å². The number of Topliss-reactive ketones (excluding diaryl/α,β-unsaturated/α-hetero) is 1. The summed E-state index contributed by atoms with van der Waals surface area (Å²) in [5.41, 5.74) is 0.978. The number of nitrogens with one attached hydrogen (secondary N) is 1. The minimum absolute atomic E-state index is 0.0670. The van der Waals surface area contributed by atoms with E-state index in [4.69, 9.17) is 27.9 Å². The van der Waals surface area contributed by atoms with Crippen LogP contribution in [-0.4, -0.2) is 17.7 Å². The summed E-state index contributed by atoms with van der Waals surface area (Å²) in [5, 5.41) is 3.51. The van der Waals surface area contributed by atoms with Crippen LogP contribution in [0.1, 0.15) is 43.8 Å². The molecule has 0 heterocycles. The Kier molecular flexibility index (Phi) is 6.63. The first-order valence-corrected chi connectivity index (χ1v) is 11.2. The fourth-order valence-electron chi connectivity index (χ4n) is 4.62. The van der Waals surface area contributed by atoms with Gasteiger partial charge in [-0.3, -0.25) is 14.4 Å². The van der Waals surface area contributed by atoms with E-state index in [0.29, 0.717) is 34.1 Å². The molecule has 2 aliphatic carbocycles. The maximum atomic E-state index is 13.1. The van der Waals surface area contributed by atoms with Crippen molar-refractivity contribution in [3.05, 3.63) is 64.1 Å². The van der Waals surface area contributed by atoms with Crippen LogP contribution >= 0.6 is 23.2 Å². The van der Waals surface area contributed by atoms with Crippen molar-refractivity contribution in [3.63, 3.8) is 0 Å². The molecule has 1 N–H and O–H groups in total. The topological polar surface area (TPSA) is 72.5 Å². The van der Waals surface area contributed by atoms with Crippen LogP contribution in [0.15, 0.2) is 48.5 Å². The lowest BCUT2D eigenvalue weighted by Gasteiger charge is -2.36. The summed E-state index contributed by atoms with van der Waals surface area (Å²) in [6, 6.07) is 13.6. The minimum atomic E-state index is -1.12. The van der Waals surface area contributed by atoms with E-state index < -0.39 is 18.0 Å². The predicted molar refractivity (Wildman–Crippen MR) is 119 cm³/mol. The Balaban J connectivity index is 1.52. The molecule has 4 rings (SSSR count). The van der Waals surface area contributed by atoms with Gasteiger partial charge in [-0.05, 0) is 43.9 Å². The van der Waals surface area contributed by atoms with E-state index in [0.717, 1.165) is 19.3 Å². The van der Waals surface area contributed by atoms with Crippen LogP contribution in [0.2, 0.25) is 10.0 Å². The Morgan fingerprint density at radius 3 is 2.19 bits per heavy atom. The molecule has 2 aromatic carbocycles. The Morgan fingerprint density at radius 2 is 1.58 bits per heavy atom. The number of ketones is 1. The van der Waals surface area contributed by atoms with Crippen molar-refractivity contribution in [2.24, 2.45) is 17.8 Å². The number of carbonyl (C=O) groups is 3. The Bertz CT molecular complexity index is 958. The normalized spacial score (nSPS) is 23.7.